The Bertz CT molecular complexity index is 1300. The van der Waals surface area contributed by atoms with Crippen LogP contribution in [0.2, 0.25) is 0 Å². The predicted octanol–water partition coefficient (Wildman–Crippen LogP) is 3.62. The molecule has 0 fully saturated rings. The van der Waals surface area contributed by atoms with Gasteiger partial charge in [0.1, 0.15) is 12.4 Å². The highest BCUT2D eigenvalue weighted by atomic mass is 16.6. The number of nitrogens with zero attached hydrogens (tertiary/aromatic N) is 4. The molecule has 1 aromatic heterocycles. The van der Waals surface area contributed by atoms with Crippen molar-refractivity contribution in [2.45, 2.75) is 24.8 Å². The van der Waals surface area contributed by atoms with Gasteiger partial charge in [0.05, 0.1) is 24.7 Å². The number of rotatable bonds is 5. The van der Waals surface area contributed by atoms with Gasteiger partial charge in [0, 0.05) is 23.8 Å². The molecule has 0 saturated heterocycles. The molecule has 0 saturated carbocycles. The van der Waals surface area contributed by atoms with Crippen molar-refractivity contribution >= 4 is 17.4 Å². The number of nitro groups is 1. The van der Waals surface area contributed by atoms with Gasteiger partial charge in [-0.1, -0.05) is 18.2 Å². The number of benzene rings is 2. The van der Waals surface area contributed by atoms with Gasteiger partial charge in [-0.25, -0.2) is 4.68 Å². The highest BCUT2D eigenvalue weighted by molar-refractivity contribution is 6.00. The van der Waals surface area contributed by atoms with E-state index in [-0.39, 0.29) is 23.8 Å². The Morgan fingerprint density at radius 1 is 1.12 bits per heavy atom. The maximum Gasteiger partial charge on any atom is 0.275 e. The van der Waals surface area contributed by atoms with E-state index in [9.17, 15) is 14.9 Å². The molecule has 2 atom stereocenters. The minimum absolute atomic E-state index is 0.0625. The number of fused-ring (bicyclic) bond motifs is 1. The lowest BCUT2D eigenvalue weighted by Crippen LogP contribution is -2.33. The van der Waals surface area contributed by atoms with Crippen LogP contribution in [0.1, 0.15) is 35.9 Å². The molecular formula is C23H21N5O5. The van der Waals surface area contributed by atoms with Crippen molar-refractivity contribution in [2.24, 2.45) is 0 Å². The number of para-hydroxylation sites is 1. The Morgan fingerprint density at radius 2 is 1.91 bits per heavy atom. The highest BCUT2D eigenvalue weighted by Crippen LogP contribution is 2.46. The fraction of sp³-hybridized carbons (Fsp3) is 0.261. The summed E-state index contributed by atoms with van der Waals surface area (Å²) in [5.74, 6) is 1.47. The van der Waals surface area contributed by atoms with Crippen LogP contribution >= 0.6 is 0 Å². The van der Waals surface area contributed by atoms with Crippen molar-refractivity contribution < 1.29 is 19.2 Å². The van der Waals surface area contributed by atoms with Crippen LogP contribution in [-0.2, 0) is 4.79 Å². The number of hydrogen-bond donors (Lipinski definition) is 1. The topological polar surface area (TPSA) is 121 Å². The molecule has 0 unspecified atom stereocenters. The Balaban J connectivity index is 1.59. The molecule has 10 heteroatoms. The Hall–Kier alpha value is -4.21. The average molecular weight is 447 g/mol. The molecule has 0 bridgehead atoms. The monoisotopic (exact) mass is 447 g/mol. The summed E-state index contributed by atoms with van der Waals surface area (Å²) in [5.41, 5.74) is 2.48. The predicted molar refractivity (Wildman–Crippen MR) is 118 cm³/mol. The smallest absolute Gasteiger partial charge is 0.275 e. The lowest BCUT2D eigenvalue weighted by Gasteiger charge is -2.35. The summed E-state index contributed by atoms with van der Waals surface area (Å²) >= 11 is 0. The first-order valence-electron chi connectivity index (χ1n) is 10.4. The second-order valence-electron chi connectivity index (χ2n) is 7.91. The van der Waals surface area contributed by atoms with Gasteiger partial charge in [0.25, 0.3) is 5.69 Å². The summed E-state index contributed by atoms with van der Waals surface area (Å²) in [4.78, 5) is 29.1. The van der Waals surface area contributed by atoms with E-state index in [0.717, 1.165) is 5.56 Å². The van der Waals surface area contributed by atoms with Crippen molar-refractivity contribution in [3.8, 4) is 11.5 Å². The van der Waals surface area contributed by atoms with Crippen LogP contribution in [-0.4, -0.2) is 39.7 Å². The van der Waals surface area contributed by atoms with Gasteiger partial charge < -0.3 is 14.8 Å². The van der Waals surface area contributed by atoms with Gasteiger partial charge in [-0.15, -0.1) is 0 Å². The zero-order valence-electron chi connectivity index (χ0n) is 18.0. The van der Waals surface area contributed by atoms with E-state index >= 15 is 0 Å². The minimum Gasteiger partial charge on any atom is -0.493 e. The van der Waals surface area contributed by atoms with Crippen LogP contribution in [0.25, 0.3) is 0 Å². The molecule has 10 nitrogen and oxygen atoms in total. The van der Waals surface area contributed by atoms with Crippen molar-refractivity contribution in [2.75, 3.05) is 19.5 Å². The number of Topliss-reactive ketones (excluding diaryl/α,β-unsaturated/α-hetero) is 1. The largest absolute Gasteiger partial charge is 0.493 e. The number of aromatic nitrogens is 3. The zero-order valence-corrected chi connectivity index (χ0v) is 18.0. The maximum absolute atomic E-state index is 13.5. The summed E-state index contributed by atoms with van der Waals surface area (Å²) in [6.07, 6.45) is 2.18. The van der Waals surface area contributed by atoms with Crippen LogP contribution in [0.4, 0.5) is 11.6 Å². The second kappa shape index (κ2) is 8.05. The lowest BCUT2D eigenvalue weighted by molar-refractivity contribution is -0.385. The molecular weight excluding hydrogens is 426 g/mol. The van der Waals surface area contributed by atoms with E-state index in [1.165, 1.54) is 17.1 Å². The molecule has 2 aromatic carbocycles. The first kappa shape index (κ1) is 20.7. The molecule has 2 heterocycles. The summed E-state index contributed by atoms with van der Waals surface area (Å²) < 4.78 is 12.3. The van der Waals surface area contributed by atoms with Crippen molar-refractivity contribution in [3.63, 3.8) is 0 Å². The van der Waals surface area contributed by atoms with Crippen LogP contribution < -0.4 is 14.8 Å². The highest BCUT2D eigenvalue weighted by Gasteiger charge is 2.41. The van der Waals surface area contributed by atoms with Crippen molar-refractivity contribution in [3.05, 3.63) is 81.3 Å². The van der Waals surface area contributed by atoms with Gasteiger partial charge >= 0.3 is 0 Å². The van der Waals surface area contributed by atoms with E-state index in [4.69, 9.17) is 9.47 Å². The number of allylic oxidation sites excluding steroid dienone is 2. The molecule has 1 aliphatic heterocycles. The van der Waals surface area contributed by atoms with Crippen LogP contribution in [0.5, 0.6) is 11.5 Å². The van der Waals surface area contributed by atoms with E-state index in [2.05, 4.69) is 15.4 Å². The van der Waals surface area contributed by atoms with E-state index in [1.807, 2.05) is 18.2 Å². The standard InChI is InChI=1S/C23H21N5O5/c1-32-19-8-7-13(11-20(19)33-2)14-9-16-21(18(29)10-14)22(27-23(26-16)24-12-25-27)15-5-3-4-6-17(15)28(30)31/h3-8,11-12,14,22H,9-10H2,1-2H3,(H,24,25,26)/t14-,22-/m0/s1. The lowest BCUT2D eigenvalue weighted by atomic mass is 9.77. The summed E-state index contributed by atoms with van der Waals surface area (Å²) in [5, 5.41) is 19.2. The molecule has 0 radical (unpaired) electrons. The summed E-state index contributed by atoms with van der Waals surface area (Å²) in [6, 6.07) is 11.3. The Morgan fingerprint density at radius 3 is 2.67 bits per heavy atom. The third-order valence-electron chi connectivity index (χ3n) is 6.17. The Kier molecular flexibility index (Phi) is 5.04. The molecule has 5 rings (SSSR count). The number of ether oxygens (including phenoxy) is 2. The van der Waals surface area contributed by atoms with Crippen molar-refractivity contribution in [1.82, 2.24) is 14.8 Å². The van der Waals surface area contributed by atoms with Crippen LogP contribution in [0, 0.1) is 10.1 Å². The first-order chi connectivity index (χ1) is 16.0. The zero-order chi connectivity index (χ0) is 23.1. The molecule has 168 valence electrons. The number of methoxy groups -OCH3 is 2. The number of carbonyl (C=O) groups is 1. The molecule has 33 heavy (non-hydrogen) atoms. The maximum atomic E-state index is 13.5. The van der Waals surface area contributed by atoms with Crippen molar-refractivity contribution in [1.29, 1.82) is 0 Å². The normalized spacial score (nSPS) is 19.4. The van der Waals surface area contributed by atoms with Gasteiger partial charge in [-0.2, -0.15) is 10.1 Å². The summed E-state index contributed by atoms with van der Waals surface area (Å²) in [7, 11) is 3.14. The first-order valence-corrected chi connectivity index (χ1v) is 10.4. The number of nitro benzene ring substituents is 1. The third kappa shape index (κ3) is 3.39. The summed E-state index contributed by atoms with van der Waals surface area (Å²) in [6.45, 7) is 0. The quantitative estimate of drug-likeness (QED) is 0.465. The molecule has 0 spiro atoms. The molecule has 2 aliphatic rings. The van der Waals surface area contributed by atoms with Crippen LogP contribution in [0.3, 0.4) is 0 Å². The average Bonchev–Trinajstić information content (AvgIpc) is 3.30. The molecule has 1 aliphatic carbocycles. The molecule has 1 N–H and O–H groups in total. The number of ketones is 1. The minimum atomic E-state index is -0.723. The molecule has 3 aromatic rings. The number of hydrogen-bond acceptors (Lipinski definition) is 8. The van der Waals surface area contributed by atoms with E-state index < -0.39 is 11.0 Å². The SMILES string of the molecule is COc1ccc([C@@H]2CC(=O)C3=C(C2)Nc2ncnn2[C@H]3c2ccccc2[N+](=O)[O-])cc1OC. The Labute approximate surface area is 189 Å². The van der Waals surface area contributed by atoms with Gasteiger partial charge in [0.15, 0.2) is 17.3 Å². The number of nitrogens with one attached hydrogen (secondary N) is 1. The van der Waals surface area contributed by atoms with E-state index in [0.29, 0.717) is 40.7 Å². The van der Waals surface area contributed by atoms with E-state index in [1.54, 1.807) is 32.4 Å². The number of anilines is 1. The third-order valence-corrected chi connectivity index (χ3v) is 6.17. The van der Waals surface area contributed by atoms with Crippen LogP contribution in [0.15, 0.2) is 60.1 Å². The number of carbonyl (C=O) groups excluding carboxylic acids is 1. The fourth-order valence-electron chi connectivity index (χ4n) is 4.67. The van der Waals surface area contributed by atoms with Gasteiger partial charge in [-0.05, 0) is 36.1 Å². The van der Waals surface area contributed by atoms with Gasteiger partial charge in [-0.3, -0.25) is 14.9 Å². The molecule has 0 amide bonds. The van der Waals surface area contributed by atoms with Gasteiger partial charge in [0.2, 0.25) is 5.95 Å². The second-order valence-corrected chi connectivity index (χ2v) is 7.91. The fourth-order valence-corrected chi connectivity index (χ4v) is 4.67.